The van der Waals surface area contributed by atoms with Crippen LogP contribution in [0.3, 0.4) is 0 Å². The molecular formula is C33H43NOSi. The van der Waals surface area contributed by atoms with Crippen molar-refractivity contribution < 1.29 is 4.43 Å². The summed E-state index contributed by atoms with van der Waals surface area (Å²) in [6, 6.07) is 32.5. The van der Waals surface area contributed by atoms with Gasteiger partial charge in [0.1, 0.15) is 0 Å². The summed E-state index contributed by atoms with van der Waals surface area (Å²) in [5, 5.41) is 0.131. The van der Waals surface area contributed by atoms with Gasteiger partial charge in [0.25, 0.3) is 0 Å². The van der Waals surface area contributed by atoms with Crippen LogP contribution < -0.4 is 0 Å². The lowest BCUT2D eigenvalue weighted by Gasteiger charge is -2.37. The van der Waals surface area contributed by atoms with Gasteiger partial charge in [-0.25, -0.2) is 0 Å². The van der Waals surface area contributed by atoms with Gasteiger partial charge in [-0.05, 0) is 53.7 Å². The minimum Gasteiger partial charge on any atom is -0.544 e. The maximum atomic E-state index is 6.59. The van der Waals surface area contributed by atoms with Crippen LogP contribution in [0.15, 0.2) is 115 Å². The van der Waals surface area contributed by atoms with Crippen LogP contribution >= 0.6 is 0 Å². The van der Waals surface area contributed by atoms with Crippen molar-refractivity contribution in [3.05, 3.63) is 132 Å². The molecule has 36 heavy (non-hydrogen) atoms. The lowest BCUT2D eigenvalue weighted by molar-refractivity contribution is 0.208. The Morgan fingerprint density at radius 3 is 1.64 bits per heavy atom. The van der Waals surface area contributed by atoms with E-state index in [1.165, 1.54) is 16.7 Å². The molecule has 0 spiro atoms. The van der Waals surface area contributed by atoms with E-state index >= 15 is 0 Å². The van der Waals surface area contributed by atoms with E-state index in [9.17, 15) is 0 Å². The quantitative estimate of drug-likeness (QED) is 0.149. The highest BCUT2D eigenvalue weighted by Crippen LogP contribution is 2.38. The predicted octanol–water partition coefficient (Wildman–Crippen LogP) is 8.78. The largest absolute Gasteiger partial charge is 0.544 e. The number of hydrogen-bond donors (Lipinski definition) is 0. The molecule has 0 aliphatic carbocycles. The van der Waals surface area contributed by atoms with E-state index in [2.05, 4.69) is 149 Å². The molecule has 0 aliphatic rings. The van der Waals surface area contributed by atoms with Crippen molar-refractivity contribution in [2.24, 2.45) is 0 Å². The van der Waals surface area contributed by atoms with Gasteiger partial charge < -0.3 is 4.43 Å². The van der Waals surface area contributed by atoms with E-state index in [1.807, 2.05) is 0 Å². The first kappa shape index (κ1) is 27.7. The molecule has 0 aliphatic heterocycles. The molecule has 3 aromatic rings. The molecule has 0 heterocycles. The van der Waals surface area contributed by atoms with Gasteiger partial charge in [0.05, 0.1) is 5.76 Å². The fourth-order valence-electron chi connectivity index (χ4n) is 4.00. The summed E-state index contributed by atoms with van der Waals surface area (Å²) in [6.07, 6.45) is 3.29. The van der Waals surface area contributed by atoms with Crippen LogP contribution in [0.2, 0.25) is 18.1 Å². The summed E-state index contributed by atoms with van der Waals surface area (Å²) < 4.78 is 6.59. The summed E-state index contributed by atoms with van der Waals surface area (Å²) in [5.41, 5.74) is 5.07. The Kier molecular flexibility index (Phi) is 9.53. The van der Waals surface area contributed by atoms with Crippen LogP contribution in [0.25, 0.3) is 0 Å². The molecule has 3 rings (SSSR count). The molecule has 0 radical (unpaired) electrons. The van der Waals surface area contributed by atoms with Crippen molar-refractivity contribution >= 4 is 8.32 Å². The number of allylic oxidation sites excluding steroid dienone is 1. The monoisotopic (exact) mass is 497 g/mol. The highest BCUT2D eigenvalue weighted by atomic mass is 28.4. The SMILES string of the molecule is C=C(O[Si](C)(C)C(C)(C)C)/C(C)=C/[C@H](Cc1ccccc1)N(Cc1ccccc1)Cc1ccccc1. The Morgan fingerprint density at radius 2 is 1.22 bits per heavy atom. The molecule has 0 fully saturated rings. The first-order chi connectivity index (χ1) is 17.0. The zero-order chi connectivity index (χ0) is 26.2. The third kappa shape index (κ3) is 8.08. The molecule has 0 saturated carbocycles. The topological polar surface area (TPSA) is 12.5 Å². The van der Waals surface area contributed by atoms with Crippen LogP contribution in [-0.4, -0.2) is 19.3 Å². The van der Waals surface area contributed by atoms with Gasteiger partial charge in [0.15, 0.2) is 0 Å². The summed E-state index contributed by atoms with van der Waals surface area (Å²) in [6.45, 7) is 19.6. The van der Waals surface area contributed by atoms with E-state index < -0.39 is 8.32 Å². The smallest absolute Gasteiger partial charge is 0.250 e. The van der Waals surface area contributed by atoms with Crippen molar-refractivity contribution in [1.29, 1.82) is 0 Å². The second-order valence-corrected chi connectivity index (χ2v) is 16.0. The van der Waals surface area contributed by atoms with E-state index in [-0.39, 0.29) is 11.1 Å². The zero-order valence-corrected chi connectivity index (χ0v) is 24.0. The maximum absolute atomic E-state index is 6.59. The Labute approximate surface area is 220 Å². The highest BCUT2D eigenvalue weighted by Gasteiger charge is 2.39. The van der Waals surface area contributed by atoms with Gasteiger partial charge >= 0.3 is 0 Å². The van der Waals surface area contributed by atoms with Crippen molar-refractivity contribution in [3.63, 3.8) is 0 Å². The molecule has 3 aromatic carbocycles. The summed E-state index contributed by atoms with van der Waals surface area (Å²) in [4.78, 5) is 2.57. The highest BCUT2D eigenvalue weighted by molar-refractivity contribution is 6.74. The summed E-state index contributed by atoms with van der Waals surface area (Å²) >= 11 is 0. The third-order valence-corrected chi connectivity index (χ3v) is 11.6. The second-order valence-electron chi connectivity index (χ2n) is 11.3. The number of rotatable bonds is 11. The first-order valence-corrected chi connectivity index (χ1v) is 15.9. The minimum atomic E-state index is -1.96. The Bertz CT molecular complexity index is 1070. The normalized spacial score (nSPS) is 13.5. The fraction of sp³-hybridized carbons (Fsp3) is 0.333. The minimum absolute atomic E-state index is 0.131. The summed E-state index contributed by atoms with van der Waals surface area (Å²) in [5.74, 6) is 0.805. The van der Waals surface area contributed by atoms with Gasteiger partial charge in [-0.15, -0.1) is 0 Å². The predicted molar refractivity (Wildman–Crippen MR) is 157 cm³/mol. The lowest BCUT2D eigenvalue weighted by Crippen LogP contribution is -2.40. The molecule has 190 valence electrons. The average Bonchev–Trinajstić information content (AvgIpc) is 2.84. The molecule has 0 amide bonds. The van der Waals surface area contributed by atoms with E-state index in [1.54, 1.807) is 0 Å². The molecule has 0 unspecified atom stereocenters. The van der Waals surface area contributed by atoms with Crippen LogP contribution in [0, 0.1) is 0 Å². The fourth-order valence-corrected chi connectivity index (χ4v) is 5.08. The first-order valence-electron chi connectivity index (χ1n) is 13.0. The molecule has 1 atom stereocenters. The maximum Gasteiger partial charge on any atom is 0.250 e. The van der Waals surface area contributed by atoms with Crippen molar-refractivity contribution in [1.82, 2.24) is 4.90 Å². The summed E-state index contributed by atoms with van der Waals surface area (Å²) in [7, 11) is -1.96. The van der Waals surface area contributed by atoms with Crippen molar-refractivity contribution in [2.75, 3.05) is 0 Å². The van der Waals surface area contributed by atoms with E-state index in [4.69, 9.17) is 4.43 Å². The van der Waals surface area contributed by atoms with E-state index in [0.29, 0.717) is 0 Å². The van der Waals surface area contributed by atoms with Crippen LogP contribution in [-0.2, 0) is 23.9 Å². The third-order valence-electron chi connectivity index (χ3n) is 7.28. The van der Waals surface area contributed by atoms with Crippen molar-refractivity contribution in [3.8, 4) is 0 Å². The molecule has 2 nitrogen and oxygen atoms in total. The number of hydrogen-bond acceptors (Lipinski definition) is 2. The van der Waals surface area contributed by atoms with Crippen LogP contribution in [0.4, 0.5) is 0 Å². The molecular weight excluding hydrogens is 454 g/mol. The average molecular weight is 498 g/mol. The molecule has 0 saturated heterocycles. The zero-order valence-electron chi connectivity index (χ0n) is 23.0. The standard InChI is InChI=1S/C33H43NOSi/c1-27(28(2)35-36(6,7)33(3,4)5)23-32(24-29-17-11-8-12-18-29)34(25-30-19-13-9-14-20-30)26-31-21-15-10-16-22-31/h8-23,32H,2,24-26H2,1,3-7H3/b27-23+/t32-/m1/s1. The Hall–Kier alpha value is -2.88. The van der Waals surface area contributed by atoms with Crippen LogP contribution in [0.1, 0.15) is 44.4 Å². The molecule has 0 aromatic heterocycles. The van der Waals surface area contributed by atoms with Gasteiger partial charge in [-0.1, -0.05) is 124 Å². The van der Waals surface area contributed by atoms with Gasteiger partial charge in [-0.2, -0.15) is 0 Å². The lowest BCUT2D eigenvalue weighted by atomic mass is 10.00. The second kappa shape index (κ2) is 12.4. The number of benzene rings is 3. The van der Waals surface area contributed by atoms with Crippen molar-refractivity contribution in [2.45, 2.75) is 71.4 Å². The van der Waals surface area contributed by atoms with Crippen LogP contribution in [0.5, 0.6) is 0 Å². The van der Waals surface area contributed by atoms with E-state index in [0.717, 1.165) is 30.8 Å². The molecule has 0 N–H and O–H groups in total. The van der Waals surface area contributed by atoms with Gasteiger partial charge in [0.2, 0.25) is 8.32 Å². The van der Waals surface area contributed by atoms with Gasteiger partial charge in [-0.3, -0.25) is 4.90 Å². The van der Waals surface area contributed by atoms with Gasteiger partial charge in [0, 0.05) is 19.1 Å². The Balaban J connectivity index is 1.96. The Morgan fingerprint density at radius 1 is 0.806 bits per heavy atom. The molecule has 0 bridgehead atoms. The number of nitrogens with zero attached hydrogens (tertiary/aromatic N) is 1. The molecule has 3 heteroatoms.